The molecule has 7 heteroatoms. The number of rotatable bonds is 2. The van der Waals surface area contributed by atoms with Crippen LogP contribution in [0.3, 0.4) is 0 Å². The highest BCUT2D eigenvalue weighted by Gasteiger charge is 2.42. The average molecular weight is 306 g/mol. The Labute approximate surface area is 129 Å². The number of piperidine rings is 1. The van der Waals surface area contributed by atoms with Gasteiger partial charge in [-0.2, -0.15) is 5.10 Å². The molecule has 2 aliphatic heterocycles. The zero-order valence-corrected chi connectivity index (χ0v) is 13.1. The molecule has 120 valence electrons. The third-order valence-corrected chi connectivity index (χ3v) is 4.59. The predicted molar refractivity (Wildman–Crippen MR) is 78.3 cm³/mol. The zero-order chi connectivity index (χ0) is 15.7. The van der Waals surface area contributed by atoms with E-state index in [0.717, 1.165) is 18.5 Å². The molecule has 2 amide bonds. The molecule has 0 aliphatic carbocycles. The van der Waals surface area contributed by atoms with E-state index in [1.165, 1.54) is 5.06 Å². The summed E-state index contributed by atoms with van der Waals surface area (Å²) in [6, 6.07) is 1.59. The minimum atomic E-state index is -0.285. The highest BCUT2D eigenvalue weighted by Crippen LogP contribution is 2.36. The second-order valence-corrected chi connectivity index (χ2v) is 5.96. The number of likely N-dealkylation sites (tertiary alicyclic amines) is 1. The summed E-state index contributed by atoms with van der Waals surface area (Å²) >= 11 is 0. The van der Waals surface area contributed by atoms with E-state index in [0.29, 0.717) is 26.0 Å². The second-order valence-electron chi connectivity index (χ2n) is 5.96. The molecule has 7 nitrogen and oxygen atoms in total. The molecule has 0 spiro atoms. The Bertz CT molecular complexity index is 565. The van der Waals surface area contributed by atoms with Crippen LogP contribution in [0.5, 0.6) is 0 Å². The fourth-order valence-electron chi connectivity index (χ4n) is 3.33. The van der Waals surface area contributed by atoms with Crippen LogP contribution in [0.4, 0.5) is 0 Å². The van der Waals surface area contributed by atoms with E-state index in [-0.39, 0.29) is 23.8 Å². The lowest BCUT2D eigenvalue weighted by atomic mass is 9.86. The van der Waals surface area contributed by atoms with Gasteiger partial charge in [-0.15, -0.1) is 0 Å². The van der Waals surface area contributed by atoms with E-state index in [4.69, 9.17) is 4.84 Å². The van der Waals surface area contributed by atoms with Gasteiger partial charge in [0.25, 0.3) is 5.91 Å². The van der Waals surface area contributed by atoms with E-state index in [2.05, 4.69) is 5.10 Å². The number of amides is 2. The van der Waals surface area contributed by atoms with Crippen molar-refractivity contribution in [3.05, 3.63) is 18.0 Å². The summed E-state index contributed by atoms with van der Waals surface area (Å²) in [5, 5.41) is 5.67. The van der Waals surface area contributed by atoms with E-state index in [1.54, 1.807) is 22.8 Å². The van der Waals surface area contributed by atoms with Crippen molar-refractivity contribution < 1.29 is 14.4 Å². The molecule has 0 aromatic carbocycles. The number of hydrogen-bond acceptors (Lipinski definition) is 4. The first-order valence-electron chi connectivity index (χ1n) is 7.77. The Morgan fingerprint density at radius 1 is 1.36 bits per heavy atom. The van der Waals surface area contributed by atoms with Crippen molar-refractivity contribution in [3.63, 3.8) is 0 Å². The molecule has 2 saturated heterocycles. The highest BCUT2D eigenvalue weighted by molar-refractivity contribution is 5.84. The Morgan fingerprint density at radius 2 is 2.18 bits per heavy atom. The van der Waals surface area contributed by atoms with Crippen LogP contribution in [0.2, 0.25) is 0 Å². The summed E-state index contributed by atoms with van der Waals surface area (Å²) in [4.78, 5) is 32.1. The molecule has 3 rings (SSSR count). The van der Waals surface area contributed by atoms with Gasteiger partial charge in [-0.05, 0) is 25.3 Å². The van der Waals surface area contributed by atoms with Gasteiger partial charge in [0.05, 0.1) is 24.3 Å². The third-order valence-electron chi connectivity index (χ3n) is 4.59. The summed E-state index contributed by atoms with van der Waals surface area (Å²) in [6.07, 6.45) is 4.59. The molecule has 3 heterocycles. The quantitative estimate of drug-likeness (QED) is 0.813. The highest BCUT2D eigenvalue weighted by atomic mass is 16.7. The SMILES string of the molecule is CN1C(=O)CC[C@H](C(=O)N2CCCCO2)[C@H]1c1ccnn1C. The first-order chi connectivity index (χ1) is 10.6. The molecule has 2 aliphatic rings. The van der Waals surface area contributed by atoms with Crippen LogP contribution in [-0.2, 0) is 21.5 Å². The van der Waals surface area contributed by atoms with Crippen LogP contribution in [0.25, 0.3) is 0 Å². The van der Waals surface area contributed by atoms with E-state index in [1.807, 2.05) is 13.1 Å². The van der Waals surface area contributed by atoms with Crippen molar-refractivity contribution in [2.24, 2.45) is 13.0 Å². The van der Waals surface area contributed by atoms with Crippen molar-refractivity contribution in [2.75, 3.05) is 20.2 Å². The van der Waals surface area contributed by atoms with Crippen molar-refractivity contribution in [2.45, 2.75) is 31.7 Å². The minimum Gasteiger partial charge on any atom is -0.336 e. The fraction of sp³-hybridized carbons (Fsp3) is 0.667. The number of carbonyl (C=O) groups excluding carboxylic acids is 2. The van der Waals surface area contributed by atoms with Gasteiger partial charge in [0.15, 0.2) is 0 Å². The Morgan fingerprint density at radius 3 is 2.82 bits per heavy atom. The monoisotopic (exact) mass is 306 g/mol. The van der Waals surface area contributed by atoms with E-state index >= 15 is 0 Å². The molecule has 0 N–H and O–H groups in total. The van der Waals surface area contributed by atoms with Crippen molar-refractivity contribution in [1.82, 2.24) is 19.7 Å². The lowest BCUT2D eigenvalue weighted by Crippen LogP contribution is -2.49. The normalized spacial score (nSPS) is 26.4. The molecule has 0 saturated carbocycles. The van der Waals surface area contributed by atoms with Gasteiger partial charge < -0.3 is 4.90 Å². The second kappa shape index (κ2) is 6.08. The number of aromatic nitrogens is 2. The van der Waals surface area contributed by atoms with E-state index < -0.39 is 0 Å². The van der Waals surface area contributed by atoms with Crippen LogP contribution in [0.15, 0.2) is 12.3 Å². The maximum Gasteiger partial charge on any atom is 0.251 e. The van der Waals surface area contributed by atoms with Gasteiger partial charge in [0.1, 0.15) is 0 Å². The van der Waals surface area contributed by atoms with Crippen LogP contribution in [-0.4, -0.2) is 51.8 Å². The number of carbonyl (C=O) groups is 2. The minimum absolute atomic E-state index is 0.0229. The molecule has 2 fully saturated rings. The standard InChI is InChI=1S/C15H22N4O3/c1-17-13(20)6-5-11(14(17)12-7-8-16-18(12)2)15(21)19-9-3-4-10-22-19/h7-8,11,14H,3-6,9-10H2,1-2H3/t11-,14-/m0/s1. The average Bonchev–Trinajstić information content (AvgIpc) is 2.96. The maximum atomic E-state index is 12.9. The van der Waals surface area contributed by atoms with Gasteiger partial charge in [0.2, 0.25) is 5.91 Å². The van der Waals surface area contributed by atoms with Crippen LogP contribution >= 0.6 is 0 Å². The van der Waals surface area contributed by atoms with Crippen molar-refractivity contribution >= 4 is 11.8 Å². The number of aryl methyl sites for hydroxylation is 1. The first kappa shape index (κ1) is 15.0. The molecule has 1 aromatic rings. The van der Waals surface area contributed by atoms with E-state index in [9.17, 15) is 9.59 Å². The molecule has 0 radical (unpaired) electrons. The predicted octanol–water partition coefficient (Wildman–Crippen LogP) is 0.884. The van der Waals surface area contributed by atoms with Crippen LogP contribution < -0.4 is 0 Å². The lowest BCUT2D eigenvalue weighted by molar-refractivity contribution is -0.204. The number of hydroxylamine groups is 2. The lowest BCUT2D eigenvalue weighted by Gasteiger charge is -2.40. The van der Waals surface area contributed by atoms with Crippen molar-refractivity contribution in [1.29, 1.82) is 0 Å². The summed E-state index contributed by atoms with van der Waals surface area (Å²) in [6.45, 7) is 1.22. The summed E-state index contributed by atoms with van der Waals surface area (Å²) in [5.41, 5.74) is 0.880. The molecule has 0 unspecified atom stereocenters. The van der Waals surface area contributed by atoms with Crippen LogP contribution in [0.1, 0.15) is 37.4 Å². The largest absolute Gasteiger partial charge is 0.336 e. The first-order valence-corrected chi connectivity index (χ1v) is 7.77. The van der Waals surface area contributed by atoms with Gasteiger partial charge in [-0.3, -0.25) is 19.1 Å². The summed E-state index contributed by atoms with van der Waals surface area (Å²) in [7, 11) is 3.59. The topological polar surface area (TPSA) is 67.7 Å². The Balaban J connectivity index is 1.88. The molecule has 22 heavy (non-hydrogen) atoms. The zero-order valence-electron chi connectivity index (χ0n) is 13.1. The number of nitrogens with zero attached hydrogens (tertiary/aromatic N) is 4. The third kappa shape index (κ3) is 2.61. The van der Waals surface area contributed by atoms with Gasteiger partial charge in [0, 0.05) is 33.3 Å². The summed E-state index contributed by atoms with van der Waals surface area (Å²) < 4.78 is 1.73. The van der Waals surface area contributed by atoms with Crippen molar-refractivity contribution in [3.8, 4) is 0 Å². The molecule has 1 aromatic heterocycles. The number of hydrogen-bond donors (Lipinski definition) is 0. The van der Waals surface area contributed by atoms with Crippen LogP contribution in [0, 0.1) is 5.92 Å². The smallest absolute Gasteiger partial charge is 0.251 e. The molecular weight excluding hydrogens is 284 g/mol. The fourth-order valence-corrected chi connectivity index (χ4v) is 3.33. The Hall–Kier alpha value is -1.89. The molecule has 2 atom stereocenters. The summed E-state index contributed by atoms with van der Waals surface area (Å²) in [5.74, 6) is -0.240. The molecular formula is C15H22N4O3. The Kier molecular flexibility index (Phi) is 4.15. The van der Waals surface area contributed by atoms with Gasteiger partial charge >= 0.3 is 0 Å². The van der Waals surface area contributed by atoms with Gasteiger partial charge in [-0.1, -0.05) is 0 Å². The van der Waals surface area contributed by atoms with Gasteiger partial charge in [-0.25, -0.2) is 5.06 Å². The maximum absolute atomic E-state index is 12.9. The molecule has 0 bridgehead atoms.